The minimum Gasteiger partial charge on any atom is -0.389 e. The van der Waals surface area contributed by atoms with Crippen LogP contribution in [-0.4, -0.2) is 50.3 Å². The van der Waals surface area contributed by atoms with Crippen LogP contribution in [0.5, 0.6) is 0 Å². The Kier molecular flexibility index (Phi) is 7.09. The average molecular weight is 302 g/mol. The van der Waals surface area contributed by atoms with E-state index in [2.05, 4.69) is 17.3 Å². The number of ether oxygens (including phenoxy) is 1. The molecule has 0 heterocycles. The number of nitrogens with one attached hydrogen (secondary N) is 1. The molecular formula is C13H20ClN3OS. The van der Waals surface area contributed by atoms with E-state index >= 15 is 0 Å². The number of anilines is 1. The molecule has 0 fully saturated rings. The standard InChI is InChI=1S/C13H20ClN3OS/c1-17(7-8-18-2)6-5-16-10-3-4-11(13(15)19)12(14)9-10/h3-4,9,16H,5-8H2,1-2H3,(H2,15,19). The van der Waals surface area contributed by atoms with E-state index in [1.54, 1.807) is 7.11 Å². The Morgan fingerprint density at radius 2 is 2.21 bits per heavy atom. The second kappa shape index (κ2) is 8.32. The Bertz CT molecular complexity index is 428. The molecule has 0 aliphatic rings. The number of nitrogens with two attached hydrogens (primary N) is 1. The first-order valence-corrected chi connectivity index (χ1v) is 6.84. The zero-order valence-corrected chi connectivity index (χ0v) is 12.9. The van der Waals surface area contributed by atoms with Gasteiger partial charge >= 0.3 is 0 Å². The largest absolute Gasteiger partial charge is 0.389 e. The van der Waals surface area contributed by atoms with Gasteiger partial charge in [-0.1, -0.05) is 23.8 Å². The maximum atomic E-state index is 6.10. The van der Waals surface area contributed by atoms with Crippen molar-refractivity contribution in [3.63, 3.8) is 0 Å². The van der Waals surface area contributed by atoms with Crippen molar-refractivity contribution in [2.45, 2.75) is 0 Å². The summed E-state index contributed by atoms with van der Waals surface area (Å²) in [7, 11) is 3.77. The van der Waals surface area contributed by atoms with E-state index in [1.165, 1.54) is 0 Å². The lowest BCUT2D eigenvalue weighted by Gasteiger charge is -2.17. The minimum absolute atomic E-state index is 0.316. The zero-order valence-electron chi connectivity index (χ0n) is 11.3. The molecule has 106 valence electrons. The number of likely N-dealkylation sites (N-methyl/N-ethyl adjacent to an activating group) is 1. The van der Waals surface area contributed by atoms with Crippen LogP contribution in [0.15, 0.2) is 18.2 Å². The molecular weight excluding hydrogens is 282 g/mol. The lowest BCUT2D eigenvalue weighted by molar-refractivity contribution is 0.163. The van der Waals surface area contributed by atoms with Gasteiger partial charge in [-0.15, -0.1) is 0 Å². The highest BCUT2D eigenvalue weighted by molar-refractivity contribution is 7.80. The van der Waals surface area contributed by atoms with E-state index in [0.717, 1.165) is 31.9 Å². The third-order valence-electron chi connectivity index (χ3n) is 2.73. The third kappa shape index (κ3) is 5.74. The molecule has 0 atom stereocenters. The van der Waals surface area contributed by atoms with Crippen LogP contribution in [0.2, 0.25) is 5.02 Å². The summed E-state index contributed by atoms with van der Waals surface area (Å²) in [5.41, 5.74) is 7.23. The molecule has 1 aromatic rings. The van der Waals surface area contributed by atoms with Crippen molar-refractivity contribution in [2.75, 3.05) is 45.7 Å². The van der Waals surface area contributed by atoms with Crippen LogP contribution < -0.4 is 11.1 Å². The predicted octanol–water partition coefficient (Wildman–Crippen LogP) is 1.96. The average Bonchev–Trinajstić information content (AvgIpc) is 2.36. The van der Waals surface area contributed by atoms with Crippen LogP contribution in [-0.2, 0) is 4.74 Å². The minimum atomic E-state index is 0.316. The highest BCUT2D eigenvalue weighted by Gasteiger charge is 2.04. The number of hydrogen-bond donors (Lipinski definition) is 2. The Morgan fingerprint density at radius 3 is 2.79 bits per heavy atom. The van der Waals surface area contributed by atoms with Crippen molar-refractivity contribution in [2.24, 2.45) is 5.73 Å². The maximum Gasteiger partial charge on any atom is 0.105 e. The molecule has 1 rings (SSSR count). The van der Waals surface area contributed by atoms with Crippen LogP contribution in [0.3, 0.4) is 0 Å². The summed E-state index contributed by atoms with van der Waals surface area (Å²) in [4.78, 5) is 2.51. The number of hydrogen-bond acceptors (Lipinski definition) is 4. The van der Waals surface area contributed by atoms with Crippen molar-refractivity contribution >= 4 is 34.5 Å². The van der Waals surface area contributed by atoms with Crippen molar-refractivity contribution in [3.05, 3.63) is 28.8 Å². The summed E-state index contributed by atoms with van der Waals surface area (Å²) in [5.74, 6) is 0. The normalized spacial score (nSPS) is 10.7. The van der Waals surface area contributed by atoms with Crippen molar-refractivity contribution < 1.29 is 4.74 Å². The van der Waals surface area contributed by atoms with E-state index in [9.17, 15) is 0 Å². The predicted molar refractivity (Wildman–Crippen MR) is 85.2 cm³/mol. The van der Waals surface area contributed by atoms with Gasteiger partial charge in [-0.05, 0) is 25.2 Å². The number of rotatable bonds is 8. The Morgan fingerprint density at radius 1 is 1.47 bits per heavy atom. The van der Waals surface area contributed by atoms with Crippen molar-refractivity contribution in [1.82, 2.24) is 4.90 Å². The molecule has 0 aliphatic heterocycles. The lowest BCUT2D eigenvalue weighted by atomic mass is 10.2. The molecule has 19 heavy (non-hydrogen) atoms. The summed E-state index contributed by atoms with van der Waals surface area (Å²) in [6, 6.07) is 5.60. The summed E-state index contributed by atoms with van der Waals surface area (Å²) >= 11 is 11.0. The second-order valence-electron chi connectivity index (χ2n) is 4.28. The van der Waals surface area contributed by atoms with Gasteiger partial charge in [0.25, 0.3) is 0 Å². The molecule has 0 unspecified atom stereocenters. The van der Waals surface area contributed by atoms with Crippen LogP contribution in [0.25, 0.3) is 0 Å². The van der Waals surface area contributed by atoms with Crippen molar-refractivity contribution in [1.29, 1.82) is 0 Å². The highest BCUT2D eigenvalue weighted by Crippen LogP contribution is 2.20. The van der Waals surface area contributed by atoms with Gasteiger partial charge < -0.3 is 20.7 Å². The van der Waals surface area contributed by atoms with Gasteiger partial charge in [0.1, 0.15) is 4.99 Å². The van der Waals surface area contributed by atoms with Gasteiger partial charge in [-0.3, -0.25) is 0 Å². The quantitative estimate of drug-likeness (QED) is 0.719. The molecule has 0 amide bonds. The molecule has 0 bridgehead atoms. The van der Waals surface area contributed by atoms with Gasteiger partial charge in [0.2, 0.25) is 0 Å². The summed E-state index contributed by atoms with van der Waals surface area (Å²) < 4.78 is 5.02. The number of nitrogens with zero attached hydrogens (tertiary/aromatic N) is 1. The molecule has 6 heteroatoms. The monoisotopic (exact) mass is 301 g/mol. The summed E-state index contributed by atoms with van der Waals surface area (Å²) in [6.07, 6.45) is 0. The first kappa shape index (κ1) is 16.2. The topological polar surface area (TPSA) is 50.5 Å². The molecule has 0 aliphatic carbocycles. The molecule has 0 saturated heterocycles. The number of benzene rings is 1. The smallest absolute Gasteiger partial charge is 0.105 e. The van der Waals surface area contributed by atoms with Crippen LogP contribution >= 0.6 is 23.8 Å². The number of thiocarbonyl (C=S) groups is 1. The molecule has 0 radical (unpaired) electrons. The number of methoxy groups -OCH3 is 1. The Hall–Kier alpha value is -0.880. The molecule has 3 N–H and O–H groups in total. The highest BCUT2D eigenvalue weighted by atomic mass is 35.5. The fourth-order valence-corrected chi connectivity index (χ4v) is 2.09. The first-order chi connectivity index (χ1) is 9.04. The van der Waals surface area contributed by atoms with Crippen LogP contribution in [0.4, 0.5) is 5.69 Å². The van der Waals surface area contributed by atoms with E-state index in [0.29, 0.717) is 15.6 Å². The third-order valence-corrected chi connectivity index (χ3v) is 3.27. The van der Waals surface area contributed by atoms with E-state index in [4.69, 9.17) is 34.3 Å². The maximum absolute atomic E-state index is 6.10. The number of halogens is 1. The Labute approximate surface area is 124 Å². The van der Waals surface area contributed by atoms with E-state index < -0.39 is 0 Å². The van der Waals surface area contributed by atoms with E-state index in [-0.39, 0.29) is 0 Å². The zero-order chi connectivity index (χ0) is 14.3. The van der Waals surface area contributed by atoms with Gasteiger partial charge in [0, 0.05) is 38.0 Å². The lowest BCUT2D eigenvalue weighted by Crippen LogP contribution is -2.28. The van der Waals surface area contributed by atoms with Gasteiger partial charge in [0.05, 0.1) is 11.6 Å². The summed E-state index contributed by atoms with van der Waals surface area (Å²) in [5, 5.41) is 3.88. The fourth-order valence-electron chi connectivity index (χ4n) is 1.57. The molecule has 1 aromatic carbocycles. The SMILES string of the molecule is COCCN(C)CCNc1ccc(C(N)=S)c(Cl)c1. The van der Waals surface area contributed by atoms with Gasteiger partial charge in [0.15, 0.2) is 0 Å². The Balaban J connectivity index is 2.42. The van der Waals surface area contributed by atoms with Gasteiger partial charge in [-0.2, -0.15) is 0 Å². The van der Waals surface area contributed by atoms with E-state index in [1.807, 2.05) is 18.2 Å². The van der Waals surface area contributed by atoms with Crippen LogP contribution in [0, 0.1) is 0 Å². The van der Waals surface area contributed by atoms with Gasteiger partial charge in [-0.25, -0.2) is 0 Å². The fraction of sp³-hybridized carbons (Fsp3) is 0.462. The van der Waals surface area contributed by atoms with Crippen molar-refractivity contribution in [3.8, 4) is 0 Å². The summed E-state index contributed by atoms with van der Waals surface area (Å²) in [6.45, 7) is 3.42. The molecule has 4 nitrogen and oxygen atoms in total. The van der Waals surface area contributed by atoms with Crippen LogP contribution in [0.1, 0.15) is 5.56 Å². The first-order valence-electron chi connectivity index (χ1n) is 6.05. The molecule has 0 saturated carbocycles. The second-order valence-corrected chi connectivity index (χ2v) is 5.13. The molecule has 0 spiro atoms. The molecule has 0 aromatic heterocycles.